The van der Waals surface area contributed by atoms with Crippen molar-refractivity contribution < 1.29 is 4.79 Å². The van der Waals surface area contributed by atoms with Gasteiger partial charge in [0, 0.05) is 72.1 Å². The fourth-order valence-electron chi connectivity index (χ4n) is 8.39. The lowest BCUT2D eigenvalue weighted by molar-refractivity contribution is 0.0880. The van der Waals surface area contributed by atoms with E-state index in [2.05, 4.69) is 68.4 Å². The molecule has 3 nitrogen and oxygen atoms in total. The summed E-state index contributed by atoms with van der Waals surface area (Å²) in [5.74, 6) is 0.0192. The highest BCUT2D eigenvalue weighted by Crippen LogP contribution is 2.77. The van der Waals surface area contributed by atoms with Crippen molar-refractivity contribution in [1.82, 2.24) is 0 Å². The van der Waals surface area contributed by atoms with E-state index in [1.165, 1.54) is 54.3 Å². The third-order valence-electron chi connectivity index (χ3n) is 10.6. The molecule has 48 heavy (non-hydrogen) atoms. The number of nitriles is 2. The molecule has 0 saturated heterocycles. The number of Topliss-reactive ketones (excluding diaryl/α,β-unsaturated/α-hetero) is 1. The SMILES string of the molecule is Cc1cc2c3c(sc2s1)-c1cc2c(cc1S3(C)C)-c1sc3sc(CCCC4(C)C(=O)c5ccccc5C4=C(C#N)C#N)cc3c1S2(C)C. The van der Waals surface area contributed by atoms with Crippen LogP contribution in [0.25, 0.3) is 45.3 Å². The molecule has 6 aromatic rings. The fraction of sp³-hybridized carbons (Fsp3) is 0.256. The van der Waals surface area contributed by atoms with Crippen LogP contribution in [0, 0.1) is 35.0 Å². The maximum Gasteiger partial charge on any atom is 0.173 e. The second-order valence-corrected chi connectivity index (χ2v) is 26.0. The van der Waals surface area contributed by atoms with E-state index in [9.17, 15) is 15.3 Å². The van der Waals surface area contributed by atoms with Crippen LogP contribution in [0.5, 0.6) is 0 Å². The molecule has 0 saturated carbocycles. The Hall–Kier alpha value is -3.15. The highest BCUT2D eigenvalue weighted by atomic mass is 32.3. The van der Waals surface area contributed by atoms with Crippen molar-refractivity contribution in [3.63, 3.8) is 0 Å². The summed E-state index contributed by atoms with van der Waals surface area (Å²) in [6.07, 6.45) is 12.2. The summed E-state index contributed by atoms with van der Waals surface area (Å²) in [4.78, 5) is 25.7. The summed E-state index contributed by atoms with van der Waals surface area (Å²) in [7, 11) is -2.31. The zero-order valence-corrected chi connectivity index (χ0v) is 32.4. The summed E-state index contributed by atoms with van der Waals surface area (Å²) in [5.41, 5.74) is 4.08. The second kappa shape index (κ2) is 10.2. The van der Waals surface area contributed by atoms with E-state index >= 15 is 0 Å². The molecular formula is C39H32N2OS6. The third kappa shape index (κ3) is 3.89. The molecule has 0 radical (unpaired) electrons. The molecule has 9 heteroatoms. The molecule has 2 aliphatic heterocycles. The number of benzene rings is 2. The molecule has 240 valence electrons. The van der Waals surface area contributed by atoms with Gasteiger partial charge >= 0.3 is 0 Å². The van der Waals surface area contributed by atoms with Crippen LogP contribution in [0.15, 0.2) is 73.7 Å². The minimum atomic E-state index is -1.20. The first-order chi connectivity index (χ1) is 22.9. The molecule has 0 amide bonds. The Bertz CT molecular complexity index is 2560. The average molecular weight is 737 g/mol. The van der Waals surface area contributed by atoms with Gasteiger partial charge in [-0.15, -0.1) is 45.3 Å². The normalized spacial score (nSPS) is 20.6. The second-order valence-electron chi connectivity index (χ2n) is 14.0. The van der Waals surface area contributed by atoms with Gasteiger partial charge < -0.3 is 0 Å². The van der Waals surface area contributed by atoms with E-state index in [-0.39, 0.29) is 11.4 Å². The highest BCUT2D eigenvalue weighted by Gasteiger charge is 2.47. The van der Waals surface area contributed by atoms with Gasteiger partial charge in [0.15, 0.2) is 5.78 Å². The first-order valence-electron chi connectivity index (χ1n) is 15.8. The average Bonchev–Trinajstić information content (AvgIpc) is 3.87. The van der Waals surface area contributed by atoms with Crippen molar-refractivity contribution in [2.45, 2.75) is 52.7 Å². The molecule has 9 rings (SSSR count). The quantitative estimate of drug-likeness (QED) is 0.169. The summed E-state index contributed by atoms with van der Waals surface area (Å²) in [6.45, 7) is 4.15. The minimum absolute atomic E-state index is 0.0192. The monoisotopic (exact) mass is 736 g/mol. The lowest BCUT2D eigenvalue weighted by Gasteiger charge is -2.30. The molecule has 1 atom stereocenters. The number of rotatable bonds is 4. The summed E-state index contributed by atoms with van der Waals surface area (Å²) >= 11 is 7.81. The minimum Gasteiger partial charge on any atom is -0.293 e. The maximum absolute atomic E-state index is 13.7. The Kier molecular flexibility index (Phi) is 6.56. The molecule has 4 aromatic heterocycles. The van der Waals surface area contributed by atoms with E-state index in [0.29, 0.717) is 17.6 Å². The maximum atomic E-state index is 13.7. The zero-order valence-electron chi connectivity index (χ0n) is 27.5. The smallest absolute Gasteiger partial charge is 0.173 e. The van der Waals surface area contributed by atoms with Crippen molar-refractivity contribution >= 4 is 95.6 Å². The molecule has 3 aliphatic rings. The van der Waals surface area contributed by atoms with Gasteiger partial charge in [-0.2, -0.15) is 30.6 Å². The first kappa shape index (κ1) is 30.9. The Morgan fingerprint density at radius 1 is 0.771 bits per heavy atom. The molecule has 1 aliphatic carbocycles. The Labute approximate surface area is 299 Å². The number of hydrogen-bond donors (Lipinski definition) is 0. The Balaban J connectivity index is 1.04. The third-order valence-corrected chi connectivity index (χ3v) is 21.5. The molecule has 0 N–H and O–H groups in total. The van der Waals surface area contributed by atoms with Gasteiger partial charge in [-0.3, -0.25) is 4.79 Å². The van der Waals surface area contributed by atoms with E-state index in [4.69, 9.17) is 0 Å². The van der Waals surface area contributed by atoms with Crippen LogP contribution in [0.3, 0.4) is 0 Å². The van der Waals surface area contributed by atoms with E-state index < -0.39 is 25.5 Å². The Morgan fingerprint density at radius 2 is 1.33 bits per heavy atom. The van der Waals surface area contributed by atoms with Crippen LogP contribution in [0.4, 0.5) is 0 Å². The van der Waals surface area contributed by atoms with Gasteiger partial charge in [-0.1, -0.05) is 24.3 Å². The topological polar surface area (TPSA) is 64.7 Å². The largest absolute Gasteiger partial charge is 0.293 e. The number of aryl methyl sites for hydroxylation is 2. The van der Waals surface area contributed by atoms with Crippen LogP contribution in [0.2, 0.25) is 0 Å². The van der Waals surface area contributed by atoms with E-state index in [1.807, 2.05) is 76.5 Å². The molecule has 6 heterocycles. The van der Waals surface area contributed by atoms with Crippen molar-refractivity contribution in [2.24, 2.45) is 5.41 Å². The van der Waals surface area contributed by atoms with Crippen LogP contribution < -0.4 is 0 Å². The summed E-state index contributed by atoms with van der Waals surface area (Å²) < 4.78 is 2.87. The van der Waals surface area contributed by atoms with Gasteiger partial charge in [0.25, 0.3) is 0 Å². The zero-order chi connectivity index (χ0) is 33.5. The fourth-order valence-corrected chi connectivity index (χ4v) is 20.6. The van der Waals surface area contributed by atoms with Crippen LogP contribution in [-0.2, 0) is 6.42 Å². The van der Waals surface area contributed by atoms with Crippen molar-refractivity contribution in [2.75, 3.05) is 25.0 Å². The van der Waals surface area contributed by atoms with E-state index in [1.54, 1.807) is 14.7 Å². The van der Waals surface area contributed by atoms with Gasteiger partial charge in [-0.05, 0) is 88.0 Å². The van der Waals surface area contributed by atoms with Crippen LogP contribution >= 0.6 is 65.4 Å². The predicted molar refractivity (Wildman–Crippen MR) is 210 cm³/mol. The first-order valence-corrected chi connectivity index (χ1v) is 24.0. The standard InChI is InChI=1S/C39H32N2OS6/c1-20-14-27-34-32(45-37(27)43-20)25-16-30-26(17-29(25)47(34,3)4)33-35(48(30,5)6)28-15-22(44-38(28)46-33)10-9-13-39(2)31(21(18-40)19-41)23-11-7-8-12-24(23)36(39)42/h7-8,11-12,14-17H,9-10,13H2,1-6H3. The molecule has 0 bridgehead atoms. The number of thiophene rings is 4. The molecule has 0 fully saturated rings. The number of nitrogens with zero attached hydrogens (tertiary/aromatic N) is 2. The van der Waals surface area contributed by atoms with Gasteiger partial charge in [0.1, 0.15) is 17.7 Å². The number of carbonyl (C=O) groups is 1. The number of ketones is 1. The van der Waals surface area contributed by atoms with Gasteiger partial charge in [0.05, 0.1) is 13.4 Å². The lowest BCUT2D eigenvalue weighted by atomic mass is 9.75. The van der Waals surface area contributed by atoms with Crippen molar-refractivity contribution in [3.05, 3.63) is 75.0 Å². The number of carbonyl (C=O) groups excluding carboxylic acids is 1. The van der Waals surface area contributed by atoms with E-state index in [0.717, 1.165) is 18.4 Å². The molecule has 0 spiro atoms. The van der Waals surface area contributed by atoms with Crippen molar-refractivity contribution in [3.8, 4) is 33.0 Å². The lowest BCUT2D eigenvalue weighted by Crippen LogP contribution is -2.24. The van der Waals surface area contributed by atoms with Crippen LogP contribution in [-0.4, -0.2) is 30.8 Å². The number of allylic oxidation sites excluding steroid dienone is 2. The molecular weight excluding hydrogens is 705 g/mol. The molecule has 1 unspecified atom stereocenters. The van der Waals surface area contributed by atoms with Crippen molar-refractivity contribution in [1.29, 1.82) is 10.5 Å². The summed E-state index contributed by atoms with van der Waals surface area (Å²) in [6, 6.07) is 21.6. The number of fused-ring (bicyclic) bond motifs is 11. The van der Waals surface area contributed by atoms with Gasteiger partial charge in [-0.25, -0.2) is 0 Å². The highest BCUT2D eigenvalue weighted by molar-refractivity contribution is 8.34. The van der Waals surface area contributed by atoms with Crippen LogP contribution in [0.1, 0.15) is 45.4 Å². The predicted octanol–water partition coefficient (Wildman–Crippen LogP) is 12.5. The summed E-state index contributed by atoms with van der Waals surface area (Å²) in [5, 5.41) is 22.5. The number of hydrogen-bond acceptors (Lipinski definition) is 7. The Morgan fingerprint density at radius 3 is 1.94 bits per heavy atom. The van der Waals surface area contributed by atoms with Gasteiger partial charge in [0.2, 0.25) is 0 Å². The molecule has 2 aromatic carbocycles.